The second kappa shape index (κ2) is 6.81. The highest BCUT2D eigenvalue weighted by Gasteiger charge is 2.23. The van der Waals surface area contributed by atoms with E-state index in [2.05, 4.69) is 68.7 Å². The second-order valence-electron chi connectivity index (χ2n) is 5.11. The fourth-order valence-corrected chi connectivity index (χ4v) is 2.78. The van der Waals surface area contributed by atoms with Crippen LogP contribution in [0.15, 0.2) is 6.20 Å². The third-order valence-electron chi connectivity index (χ3n) is 3.54. The molecule has 0 saturated carbocycles. The minimum atomic E-state index is 0.508. The molecule has 1 aliphatic rings. The minimum absolute atomic E-state index is 0.508. The highest BCUT2D eigenvalue weighted by Crippen LogP contribution is 2.16. The molecule has 106 valence electrons. The highest BCUT2D eigenvalue weighted by atomic mass is 127. The SMILES string of the molecule is CCNc1nc(CC2CN(C)CCN2C)ncc1I. The van der Waals surface area contributed by atoms with Crippen molar-refractivity contribution < 1.29 is 0 Å². The molecule has 0 aliphatic carbocycles. The third-order valence-corrected chi connectivity index (χ3v) is 4.33. The lowest BCUT2D eigenvalue weighted by Gasteiger charge is -2.37. The van der Waals surface area contributed by atoms with E-state index in [4.69, 9.17) is 0 Å². The Morgan fingerprint density at radius 2 is 2.21 bits per heavy atom. The van der Waals surface area contributed by atoms with Gasteiger partial charge in [-0.15, -0.1) is 0 Å². The van der Waals surface area contributed by atoms with Crippen molar-refractivity contribution in [2.24, 2.45) is 0 Å². The quantitative estimate of drug-likeness (QED) is 0.804. The summed E-state index contributed by atoms with van der Waals surface area (Å²) in [5, 5.41) is 3.29. The number of piperazine rings is 1. The van der Waals surface area contributed by atoms with Crippen molar-refractivity contribution in [2.45, 2.75) is 19.4 Å². The summed E-state index contributed by atoms with van der Waals surface area (Å²) in [4.78, 5) is 13.9. The first-order valence-electron chi connectivity index (χ1n) is 6.74. The monoisotopic (exact) mass is 375 g/mol. The Labute approximate surface area is 128 Å². The topological polar surface area (TPSA) is 44.3 Å². The summed E-state index contributed by atoms with van der Waals surface area (Å²) < 4.78 is 1.08. The van der Waals surface area contributed by atoms with Gasteiger partial charge in [-0.05, 0) is 43.6 Å². The maximum absolute atomic E-state index is 4.64. The lowest BCUT2D eigenvalue weighted by atomic mass is 10.1. The van der Waals surface area contributed by atoms with E-state index in [-0.39, 0.29) is 0 Å². The van der Waals surface area contributed by atoms with Gasteiger partial charge in [0.25, 0.3) is 0 Å². The summed E-state index contributed by atoms with van der Waals surface area (Å²) in [5.74, 6) is 1.89. The summed E-state index contributed by atoms with van der Waals surface area (Å²) in [6.07, 6.45) is 2.82. The lowest BCUT2D eigenvalue weighted by Crippen LogP contribution is -2.50. The standard InChI is InChI=1S/C13H22IN5/c1-4-15-13-11(14)8-16-12(17-13)7-10-9-18(2)5-6-19(10)3/h8,10H,4-7,9H2,1-3H3,(H,15,16,17). The van der Waals surface area contributed by atoms with Gasteiger partial charge in [-0.25, -0.2) is 9.97 Å². The van der Waals surface area contributed by atoms with Gasteiger partial charge in [-0.1, -0.05) is 0 Å². The molecule has 1 fully saturated rings. The number of likely N-dealkylation sites (N-methyl/N-ethyl adjacent to an activating group) is 2. The highest BCUT2D eigenvalue weighted by molar-refractivity contribution is 14.1. The molecule has 0 aromatic carbocycles. The van der Waals surface area contributed by atoms with Gasteiger partial charge in [0.2, 0.25) is 0 Å². The number of hydrogen-bond donors (Lipinski definition) is 1. The van der Waals surface area contributed by atoms with Crippen molar-refractivity contribution in [3.05, 3.63) is 15.6 Å². The van der Waals surface area contributed by atoms with E-state index < -0.39 is 0 Å². The van der Waals surface area contributed by atoms with Crippen LogP contribution in [0.2, 0.25) is 0 Å². The molecule has 0 spiro atoms. The molecule has 0 bridgehead atoms. The van der Waals surface area contributed by atoms with Crippen LogP contribution in [-0.2, 0) is 6.42 Å². The number of nitrogens with zero attached hydrogens (tertiary/aromatic N) is 4. The first-order valence-corrected chi connectivity index (χ1v) is 7.82. The van der Waals surface area contributed by atoms with Crippen LogP contribution in [0.5, 0.6) is 0 Å². The second-order valence-corrected chi connectivity index (χ2v) is 6.28. The Bertz CT molecular complexity index is 425. The fourth-order valence-electron chi connectivity index (χ4n) is 2.33. The molecule has 1 unspecified atom stereocenters. The molecule has 1 aliphatic heterocycles. The van der Waals surface area contributed by atoms with Crippen LogP contribution < -0.4 is 5.32 Å². The summed E-state index contributed by atoms with van der Waals surface area (Å²) in [6, 6.07) is 0.508. The van der Waals surface area contributed by atoms with Crippen molar-refractivity contribution in [1.29, 1.82) is 0 Å². The molecule has 2 heterocycles. The van der Waals surface area contributed by atoms with Gasteiger partial charge in [0.1, 0.15) is 11.6 Å². The largest absolute Gasteiger partial charge is 0.369 e. The minimum Gasteiger partial charge on any atom is -0.369 e. The molecule has 1 N–H and O–H groups in total. The zero-order chi connectivity index (χ0) is 13.8. The average Bonchev–Trinajstić information content (AvgIpc) is 2.38. The zero-order valence-corrected chi connectivity index (χ0v) is 14.0. The molecule has 1 aromatic rings. The number of anilines is 1. The van der Waals surface area contributed by atoms with Gasteiger partial charge < -0.3 is 15.1 Å². The van der Waals surface area contributed by atoms with Gasteiger partial charge in [-0.3, -0.25) is 0 Å². The molecule has 2 rings (SSSR count). The molecule has 1 atom stereocenters. The van der Waals surface area contributed by atoms with Crippen LogP contribution in [0.4, 0.5) is 5.82 Å². The lowest BCUT2D eigenvalue weighted by molar-refractivity contribution is 0.113. The molecule has 19 heavy (non-hydrogen) atoms. The number of hydrogen-bond acceptors (Lipinski definition) is 5. The molecule has 5 nitrogen and oxygen atoms in total. The molecule has 0 radical (unpaired) electrons. The average molecular weight is 375 g/mol. The summed E-state index contributed by atoms with van der Waals surface area (Å²) in [6.45, 7) is 6.32. The van der Waals surface area contributed by atoms with Crippen molar-refractivity contribution in [3.63, 3.8) is 0 Å². The molecule has 0 amide bonds. The van der Waals surface area contributed by atoms with Gasteiger partial charge in [0, 0.05) is 44.8 Å². The van der Waals surface area contributed by atoms with E-state index in [0.717, 1.165) is 47.8 Å². The van der Waals surface area contributed by atoms with Gasteiger partial charge in [0.15, 0.2) is 0 Å². The Hall–Kier alpha value is -0.470. The van der Waals surface area contributed by atoms with Crippen LogP contribution in [0.1, 0.15) is 12.7 Å². The zero-order valence-electron chi connectivity index (χ0n) is 11.9. The Morgan fingerprint density at radius 3 is 2.95 bits per heavy atom. The molecule has 1 aromatic heterocycles. The Kier molecular flexibility index (Phi) is 5.35. The van der Waals surface area contributed by atoms with Gasteiger partial charge >= 0.3 is 0 Å². The van der Waals surface area contributed by atoms with Crippen LogP contribution in [0.25, 0.3) is 0 Å². The van der Waals surface area contributed by atoms with E-state index in [1.807, 2.05) is 6.20 Å². The van der Waals surface area contributed by atoms with E-state index in [9.17, 15) is 0 Å². The van der Waals surface area contributed by atoms with E-state index in [1.54, 1.807) is 0 Å². The summed E-state index contributed by atoms with van der Waals surface area (Å²) in [5.41, 5.74) is 0. The van der Waals surface area contributed by atoms with Crippen LogP contribution in [0.3, 0.4) is 0 Å². The van der Waals surface area contributed by atoms with Crippen LogP contribution >= 0.6 is 22.6 Å². The van der Waals surface area contributed by atoms with Crippen molar-refractivity contribution in [3.8, 4) is 0 Å². The Morgan fingerprint density at radius 1 is 1.42 bits per heavy atom. The van der Waals surface area contributed by atoms with Crippen molar-refractivity contribution in [2.75, 3.05) is 45.6 Å². The van der Waals surface area contributed by atoms with E-state index in [1.165, 1.54) is 0 Å². The van der Waals surface area contributed by atoms with Crippen LogP contribution in [-0.4, -0.2) is 66.1 Å². The van der Waals surface area contributed by atoms with Gasteiger partial charge in [-0.2, -0.15) is 0 Å². The van der Waals surface area contributed by atoms with Crippen LogP contribution in [0, 0.1) is 3.57 Å². The predicted molar refractivity (Wildman–Crippen MR) is 86.5 cm³/mol. The molecular formula is C13H22IN5. The van der Waals surface area contributed by atoms with E-state index in [0.29, 0.717) is 6.04 Å². The van der Waals surface area contributed by atoms with Crippen molar-refractivity contribution >= 4 is 28.4 Å². The maximum atomic E-state index is 4.64. The molecule has 6 heteroatoms. The third kappa shape index (κ3) is 4.00. The number of halogens is 1. The van der Waals surface area contributed by atoms with E-state index >= 15 is 0 Å². The normalized spacial score (nSPS) is 21.6. The first kappa shape index (κ1) is 14.9. The molecule has 1 saturated heterocycles. The van der Waals surface area contributed by atoms with Gasteiger partial charge in [0.05, 0.1) is 3.57 Å². The number of rotatable bonds is 4. The maximum Gasteiger partial charge on any atom is 0.143 e. The fraction of sp³-hybridized carbons (Fsp3) is 0.692. The van der Waals surface area contributed by atoms with Crippen molar-refractivity contribution in [1.82, 2.24) is 19.8 Å². The summed E-state index contributed by atoms with van der Waals surface area (Å²) in [7, 11) is 4.37. The Balaban J connectivity index is 2.07. The molecular weight excluding hydrogens is 353 g/mol. The summed E-state index contributed by atoms with van der Waals surface area (Å²) >= 11 is 2.27. The predicted octanol–water partition coefficient (Wildman–Crippen LogP) is 1.30. The smallest absolute Gasteiger partial charge is 0.143 e. The number of aromatic nitrogens is 2. The number of nitrogens with one attached hydrogen (secondary N) is 1. The first-order chi connectivity index (χ1) is 9.10.